The highest BCUT2D eigenvalue weighted by Gasteiger charge is 2.30. The number of amides is 1. The first-order valence-corrected chi connectivity index (χ1v) is 4.58. The molecule has 1 aliphatic rings. The van der Waals surface area contributed by atoms with Crippen LogP contribution < -0.4 is 10.6 Å². The van der Waals surface area contributed by atoms with Crippen molar-refractivity contribution in [3.05, 3.63) is 0 Å². The molecule has 3 nitrogen and oxygen atoms in total. The maximum absolute atomic E-state index is 12.7. The SMILES string of the molecule is CC(C)(C)NC(=O)[C@@H]1CC(F)CN1. The van der Waals surface area contributed by atoms with Crippen LogP contribution in [0.3, 0.4) is 0 Å². The molecule has 1 amide bonds. The molecule has 1 rings (SSSR count). The molecule has 1 fully saturated rings. The van der Waals surface area contributed by atoms with Gasteiger partial charge in [0.15, 0.2) is 0 Å². The lowest BCUT2D eigenvalue weighted by molar-refractivity contribution is -0.124. The minimum absolute atomic E-state index is 0.104. The summed E-state index contributed by atoms with van der Waals surface area (Å²) in [6.07, 6.45) is -0.585. The average Bonchev–Trinajstić information content (AvgIpc) is 2.31. The van der Waals surface area contributed by atoms with E-state index in [2.05, 4.69) is 10.6 Å². The van der Waals surface area contributed by atoms with Crippen LogP contribution in [-0.4, -0.2) is 30.2 Å². The van der Waals surface area contributed by atoms with Gasteiger partial charge in [0.2, 0.25) is 5.91 Å². The molecule has 0 radical (unpaired) electrons. The Morgan fingerprint density at radius 1 is 1.54 bits per heavy atom. The molecule has 0 saturated carbocycles. The lowest BCUT2D eigenvalue weighted by Gasteiger charge is -2.22. The second kappa shape index (κ2) is 3.62. The number of rotatable bonds is 1. The summed E-state index contributed by atoms with van der Waals surface area (Å²) in [5.41, 5.74) is -0.243. The Hall–Kier alpha value is -0.640. The van der Waals surface area contributed by atoms with Crippen LogP contribution in [0.2, 0.25) is 0 Å². The summed E-state index contributed by atoms with van der Waals surface area (Å²) in [7, 11) is 0. The number of halogens is 1. The number of hydrogen-bond donors (Lipinski definition) is 2. The molecule has 0 aromatic carbocycles. The maximum atomic E-state index is 12.7. The molecule has 76 valence electrons. The standard InChI is InChI=1S/C9H17FN2O/c1-9(2,3)12-8(13)7-4-6(10)5-11-7/h6-7,11H,4-5H2,1-3H3,(H,12,13)/t6?,7-/m0/s1. The molecular weight excluding hydrogens is 171 g/mol. The molecule has 2 N–H and O–H groups in total. The molecule has 13 heavy (non-hydrogen) atoms. The maximum Gasteiger partial charge on any atom is 0.237 e. The second-order valence-electron chi connectivity index (χ2n) is 4.53. The van der Waals surface area contributed by atoms with Gasteiger partial charge < -0.3 is 10.6 Å². The zero-order valence-electron chi connectivity index (χ0n) is 8.36. The van der Waals surface area contributed by atoms with Crippen LogP contribution in [0, 0.1) is 0 Å². The van der Waals surface area contributed by atoms with Crippen molar-refractivity contribution in [2.75, 3.05) is 6.54 Å². The highest BCUT2D eigenvalue weighted by Crippen LogP contribution is 2.11. The van der Waals surface area contributed by atoms with Crippen molar-refractivity contribution in [1.82, 2.24) is 10.6 Å². The van der Waals surface area contributed by atoms with Crippen molar-refractivity contribution in [2.45, 2.75) is 44.9 Å². The molecule has 1 heterocycles. The molecular formula is C9H17FN2O. The van der Waals surface area contributed by atoms with Crippen molar-refractivity contribution >= 4 is 5.91 Å². The van der Waals surface area contributed by atoms with E-state index in [0.717, 1.165) is 0 Å². The smallest absolute Gasteiger partial charge is 0.237 e. The van der Waals surface area contributed by atoms with Crippen molar-refractivity contribution in [2.24, 2.45) is 0 Å². The topological polar surface area (TPSA) is 41.1 Å². The first-order valence-electron chi connectivity index (χ1n) is 4.58. The van der Waals surface area contributed by atoms with E-state index in [-0.39, 0.29) is 17.5 Å². The predicted octanol–water partition coefficient (Wildman–Crippen LogP) is 0.601. The fourth-order valence-corrected chi connectivity index (χ4v) is 1.35. The molecule has 1 aliphatic heterocycles. The Morgan fingerprint density at radius 3 is 2.54 bits per heavy atom. The van der Waals surface area contributed by atoms with E-state index >= 15 is 0 Å². The van der Waals surface area contributed by atoms with Gasteiger partial charge in [-0.2, -0.15) is 0 Å². The van der Waals surface area contributed by atoms with Crippen LogP contribution >= 0.6 is 0 Å². The van der Waals surface area contributed by atoms with Gasteiger partial charge >= 0.3 is 0 Å². The third kappa shape index (κ3) is 3.30. The zero-order valence-corrected chi connectivity index (χ0v) is 8.36. The van der Waals surface area contributed by atoms with Crippen LogP contribution in [0.1, 0.15) is 27.2 Å². The summed E-state index contributed by atoms with van der Waals surface area (Å²) < 4.78 is 12.7. The van der Waals surface area contributed by atoms with E-state index < -0.39 is 6.17 Å². The van der Waals surface area contributed by atoms with Crippen molar-refractivity contribution in [1.29, 1.82) is 0 Å². The summed E-state index contributed by atoms with van der Waals surface area (Å²) in [6.45, 7) is 6.02. The summed E-state index contributed by atoms with van der Waals surface area (Å²) in [5.74, 6) is -0.104. The molecule has 0 bridgehead atoms. The van der Waals surface area contributed by atoms with E-state index in [1.54, 1.807) is 0 Å². The van der Waals surface area contributed by atoms with Gasteiger partial charge in [0.05, 0.1) is 6.04 Å². The lowest BCUT2D eigenvalue weighted by atomic mass is 10.1. The van der Waals surface area contributed by atoms with Crippen molar-refractivity contribution < 1.29 is 9.18 Å². The first-order chi connectivity index (χ1) is 5.88. The minimum Gasteiger partial charge on any atom is -0.350 e. The van der Waals surface area contributed by atoms with Crippen LogP contribution in [0.5, 0.6) is 0 Å². The summed E-state index contributed by atoms with van der Waals surface area (Å²) >= 11 is 0. The molecule has 4 heteroatoms. The van der Waals surface area contributed by atoms with Crippen molar-refractivity contribution in [3.63, 3.8) is 0 Å². The number of carbonyl (C=O) groups excluding carboxylic acids is 1. The van der Waals surface area contributed by atoms with Gasteiger partial charge in [-0.1, -0.05) is 0 Å². The van der Waals surface area contributed by atoms with E-state index in [9.17, 15) is 9.18 Å². The molecule has 0 aliphatic carbocycles. The van der Waals surface area contributed by atoms with Gasteiger partial charge in [0.25, 0.3) is 0 Å². The van der Waals surface area contributed by atoms with Gasteiger partial charge in [0, 0.05) is 18.5 Å². The van der Waals surface area contributed by atoms with Gasteiger partial charge in [-0.3, -0.25) is 4.79 Å². The summed E-state index contributed by atoms with van der Waals surface area (Å²) in [5, 5.41) is 5.66. The van der Waals surface area contributed by atoms with Crippen LogP contribution in [-0.2, 0) is 4.79 Å². The van der Waals surface area contributed by atoms with E-state index in [0.29, 0.717) is 13.0 Å². The quantitative estimate of drug-likeness (QED) is 0.632. The molecule has 0 aromatic heterocycles. The van der Waals surface area contributed by atoms with Gasteiger partial charge in [-0.05, 0) is 20.8 Å². The van der Waals surface area contributed by atoms with Gasteiger partial charge in [0.1, 0.15) is 6.17 Å². The first kappa shape index (κ1) is 10.4. The summed E-state index contributed by atoms with van der Waals surface area (Å²) in [4.78, 5) is 11.5. The second-order valence-corrected chi connectivity index (χ2v) is 4.53. The summed E-state index contributed by atoms with van der Waals surface area (Å²) in [6, 6.07) is -0.353. The Balaban J connectivity index is 2.41. The molecule has 1 unspecified atom stereocenters. The highest BCUT2D eigenvalue weighted by atomic mass is 19.1. The normalized spacial score (nSPS) is 28.9. The molecule has 1 saturated heterocycles. The van der Waals surface area contributed by atoms with Gasteiger partial charge in [-0.25, -0.2) is 4.39 Å². The lowest BCUT2D eigenvalue weighted by Crippen LogP contribution is -2.48. The molecule has 0 spiro atoms. The Morgan fingerprint density at radius 2 is 2.15 bits per heavy atom. The number of hydrogen-bond acceptors (Lipinski definition) is 2. The van der Waals surface area contributed by atoms with Crippen LogP contribution in [0.15, 0.2) is 0 Å². The Labute approximate surface area is 78.1 Å². The third-order valence-corrected chi connectivity index (χ3v) is 1.89. The number of carbonyl (C=O) groups is 1. The predicted molar refractivity (Wildman–Crippen MR) is 49.2 cm³/mol. The Kier molecular flexibility index (Phi) is 2.91. The molecule has 0 aromatic rings. The third-order valence-electron chi connectivity index (χ3n) is 1.89. The van der Waals surface area contributed by atoms with Crippen LogP contribution in [0.25, 0.3) is 0 Å². The molecule has 2 atom stereocenters. The monoisotopic (exact) mass is 188 g/mol. The van der Waals surface area contributed by atoms with E-state index in [1.807, 2.05) is 20.8 Å². The van der Waals surface area contributed by atoms with Gasteiger partial charge in [-0.15, -0.1) is 0 Å². The average molecular weight is 188 g/mol. The minimum atomic E-state index is -0.879. The van der Waals surface area contributed by atoms with E-state index in [4.69, 9.17) is 0 Å². The number of alkyl halides is 1. The number of nitrogens with one attached hydrogen (secondary N) is 2. The van der Waals surface area contributed by atoms with E-state index in [1.165, 1.54) is 0 Å². The highest BCUT2D eigenvalue weighted by molar-refractivity contribution is 5.82. The zero-order chi connectivity index (χ0) is 10.1. The Bertz CT molecular complexity index is 200. The fraction of sp³-hybridized carbons (Fsp3) is 0.889. The van der Waals surface area contributed by atoms with Crippen LogP contribution in [0.4, 0.5) is 4.39 Å². The fourth-order valence-electron chi connectivity index (χ4n) is 1.35. The largest absolute Gasteiger partial charge is 0.350 e. The van der Waals surface area contributed by atoms with Crippen molar-refractivity contribution in [3.8, 4) is 0 Å².